The molecule has 0 saturated carbocycles. The highest BCUT2D eigenvalue weighted by Crippen LogP contribution is 2.38. The molecule has 1 saturated heterocycles. The third-order valence-electron chi connectivity index (χ3n) is 2.94. The molecule has 124 valence electrons. The van der Waals surface area contributed by atoms with Crippen LogP contribution >= 0.6 is 6.72 Å². The molecule has 0 aliphatic carbocycles. The lowest BCUT2D eigenvalue weighted by atomic mass is 10.2. The third kappa shape index (κ3) is 3.98. The number of anilines is 2. The lowest BCUT2D eigenvalue weighted by molar-refractivity contribution is 0.00303. The summed E-state index contributed by atoms with van der Waals surface area (Å²) >= 11 is 4.29. The van der Waals surface area contributed by atoms with Crippen molar-refractivity contribution in [3.63, 3.8) is 0 Å². The molecule has 1 fully saturated rings. The molecule has 0 spiro atoms. The predicted molar refractivity (Wildman–Crippen MR) is 78.8 cm³/mol. The number of alkyl halides is 1. The third-order valence-corrected chi connectivity index (χ3v) is 3.75. The molecule has 2 heterocycles. The van der Waals surface area contributed by atoms with Gasteiger partial charge < -0.3 is 29.8 Å². The highest BCUT2D eigenvalue weighted by molar-refractivity contribution is 8.06. The van der Waals surface area contributed by atoms with Crippen LogP contribution in [0.2, 0.25) is 0 Å². The van der Waals surface area contributed by atoms with Crippen LogP contribution in [0.15, 0.2) is 11.1 Å². The fraction of sp³-hybridized carbons (Fsp3) is 0.556. The number of hydrogen-bond donors (Lipinski definition) is 5. The van der Waals surface area contributed by atoms with Crippen LogP contribution in [0, 0.1) is 0 Å². The zero-order chi connectivity index (χ0) is 16.5. The number of nitrogen functional groups attached to an aromatic ring is 1. The fourth-order valence-electron chi connectivity index (χ4n) is 1.96. The molecule has 1 aromatic heterocycles. The van der Waals surface area contributed by atoms with Crippen molar-refractivity contribution >= 4 is 30.0 Å². The number of nitrogens with zero attached hydrogens (tertiary/aromatic N) is 2. The first kappa shape index (κ1) is 17.2. The minimum atomic E-state index is -3.85. The second-order valence-electron chi connectivity index (χ2n) is 4.56. The Kier molecular flexibility index (Phi) is 5.12. The average molecular weight is 355 g/mol. The van der Waals surface area contributed by atoms with E-state index in [4.69, 9.17) is 26.1 Å². The Bertz CT molecular complexity index is 641. The maximum Gasteiger partial charge on any atom is 0.321 e. The molecule has 22 heavy (non-hydrogen) atoms. The van der Waals surface area contributed by atoms with Crippen molar-refractivity contribution < 1.29 is 23.4 Å². The maximum absolute atomic E-state index is 14.0. The van der Waals surface area contributed by atoms with Crippen molar-refractivity contribution in [1.82, 2.24) is 9.97 Å². The van der Waals surface area contributed by atoms with Gasteiger partial charge in [0.15, 0.2) is 12.0 Å². The second kappa shape index (κ2) is 6.54. The first-order valence-corrected chi connectivity index (χ1v) is 8.68. The van der Waals surface area contributed by atoms with Crippen molar-refractivity contribution in [3.8, 4) is 0 Å². The Morgan fingerprint density at radius 3 is 3.00 bits per heavy atom. The first-order chi connectivity index (χ1) is 10.2. The summed E-state index contributed by atoms with van der Waals surface area (Å²) in [7, 11) is 0. The Morgan fingerprint density at radius 1 is 1.68 bits per heavy atom. The Morgan fingerprint density at radius 2 is 2.36 bits per heavy atom. The number of halogens is 1. The summed E-state index contributed by atoms with van der Waals surface area (Å²) in [5, 5.41) is 0.809. The molecule has 3 atom stereocenters. The van der Waals surface area contributed by atoms with Gasteiger partial charge in [0.2, 0.25) is 0 Å². The number of hydrogen-bond acceptors (Lipinski definition) is 8. The SMILES string of the molecule is Nc1c(N(N)C2OC(COP(O)(O)=S)CC2F)nc[nH]c1=O. The van der Waals surface area contributed by atoms with Crippen LogP contribution in [-0.2, 0) is 21.1 Å². The van der Waals surface area contributed by atoms with Crippen LogP contribution in [0.3, 0.4) is 0 Å². The first-order valence-electron chi connectivity index (χ1n) is 6.05. The van der Waals surface area contributed by atoms with Gasteiger partial charge in [0, 0.05) is 6.42 Å². The van der Waals surface area contributed by atoms with E-state index in [0.29, 0.717) is 0 Å². The number of nitrogens with two attached hydrogens (primary N) is 2. The summed E-state index contributed by atoms with van der Waals surface area (Å²) in [4.78, 5) is 35.4. The maximum atomic E-state index is 14.0. The standard InChI is InChI=1S/C9H15FN5O5PS/c10-5-1-4(2-19-21(17,18)22)20-9(5)15(12)7-6(11)8(16)14-3-13-7/h3-5,9H,1-2,11-12H2,(H,13,14,16)(H2,17,18,22). The lowest BCUT2D eigenvalue weighted by Gasteiger charge is -2.26. The number of nitrogens with one attached hydrogen (secondary N) is 1. The van der Waals surface area contributed by atoms with Gasteiger partial charge in [-0.1, -0.05) is 0 Å². The number of hydrazine groups is 1. The lowest BCUT2D eigenvalue weighted by Crippen LogP contribution is -2.47. The van der Waals surface area contributed by atoms with Gasteiger partial charge in [-0.05, 0) is 11.8 Å². The molecule has 3 unspecified atom stereocenters. The number of aromatic amines is 1. The largest absolute Gasteiger partial charge is 0.391 e. The summed E-state index contributed by atoms with van der Waals surface area (Å²) in [6, 6.07) is 0. The zero-order valence-electron chi connectivity index (χ0n) is 11.1. The number of rotatable bonds is 5. The van der Waals surface area contributed by atoms with Gasteiger partial charge in [0.05, 0.1) is 19.0 Å². The molecule has 1 aliphatic heterocycles. The van der Waals surface area contributed by atoms with E-state index in [2.05, 4.69) is 26.3 Å². The van der Waals surface area contributed by atoms with Crippen molar-refractivity contribution in [2.45, 2.75) is 24.9 Å². The predicted octanol–water partition coefficient (Wildman–Crippen LogP) is -1.29. The summed E-state index contributed by atoms with van der Waals surface area (Å²) in [5.41, 5.74) is 4.65. The Hall–Kier alpha value is -1.14. The molecule has 2 rings (SSSR count). The molecule has 0 aromatic carbocycles. The van der Waals surface area contributed by atoms with Crippen LogP contribution < -0.4 is 22.1 Å². The molecular weight excluding hydrogens is 340 g/mol. The van der Waals surface area contributed by atoms with Gasteiger partial charge in [-0.3, -0.25) is 9.80 Å². The van der Waals surface area contributed by atoms with Gasteiger partial charge >= 0.3 is 6.72 Å². The molecule has 13 heteroatoms. The second-order valence-corrected chi connectivity index (χ2v) is 7.23. The zero-order valence-corrected chi connectivity index (χ0v) is 12.8. The number of H-pyrrole nitrogens is 1. The van der Waals surface area contributed by atoms with Gasteiger partial charge in [-0.2, -0.15) is 0 Å². The van der Waals surface area contributed by atoms with Crippen molar-refractivity contribution in [2.75, 3.05) is 17.3 Å². The van der Waals surface area contributed by atoms with Gasteiger partial charge in [-0.25, -0.2) is 15.2 Å². The van der Waals surface area contributed by atoms with E-state index in [1.165, 1.54) is 0 Å². The van der Waals surface area contributed by atoms with Gasteiger partial charge in [-0.15, -0.1) is 0 Å². The van der Waals surface area contributed by atoms with Crippen LogP contribution in [-0.4, -0.2) is 44.9 Å². The Balaban J connectivity index is 2.08. The summed E-state index contributed by atoms with van der Waals surface area (Å²) in [5.74, 6) is 5.59. The molecule has 10 nitrogen and oxygen atoms in total. The van der Waals surface area contributed by atoms with Crippen LogP contribution in [0.4, 0.5) is 15.9 Å². The van der Waals surface area contributed by atoms with E-state index >= 15 is 0 Å². The molecule has 7 N–H and O–H groups in total. The fourth-order valence-corrected chi connectivity index (χ4v) is 2.50. The van der Waals surface area contributed by atoms with E-state index in [-0.39, 0.29) is 24.5 Å². The summed E-state index contributed by atoms with van der Waals surface area (Å²) < 4.78 is 24.0. The Labute approximate surface area is 129 Å². The topological polar surface area (TPSA) is 160 Å². The summed E-state index contributed by atoms with van der Waals surface area (Å²) in [6.45, 7) is -4.14. The average Bonchev–Trinajstić information content (AvgIpc) is 2.79. The molecule has 1 aromatic rings. The van der Waals surface area contributed by atoms with Gasteiger partial charge in [0.1, 0.15) is 11.9 Å². The molecule has 1 aliphatic rings. The smallest absolute Gasteiger partial charge is 0.321 e. The number of ether oxygens (including phenoxy) is 1. The highest BCUT2D eigenvalue weighted by Gasteiger charge is 2.40. The normalized spacial score (nSPS) is 25.4. The molecule has 0 bridgehead atoms. The van der Waals surface area contributed by atoms with E-state index in [1.807, 2.05) is 0 Å². The van der Waals surface area contributed by atoms with Crippen LogP contribution in [0.1, 0.15) is 6.42 Å². The van der Waals surface area contributed by atoms with Crippen molar-refractivity contribution in [1.29, 1.82) is 0 Å². The minimum Gasteiger partial charge on any atom is -0.391 e. The summed E-state index contributed by atoms with van der Waals surface area (Å²) in [6.07, 6.45) is -2.58. The van der Waals surface area contributed by atoms with Crippen molar-refractivity contribution in [3.05, 3.63) is 16.7 Å². The van der Waals surface area contributed by atoms with E-state index < -0.39 is 30.8 Å². The van der Waals surface area contributed by atoms with Crippen LogP contribution in [0.25, 0.3) is 0 Å². The van der Waals surface area contributed by atoms with E-state index in [0.717, 1.165) is 11.3 Å². The number of aromatic nitrogens is 2. The quantitative estimate of drug-likeness (QED) is 0.244. The van der Waals surface area contributed by atoms with Crippen molar-refractivity contribution in [2.24, 2.45) is 5.84 Å². The van der Waals surface area contributed by atoms with Gasteiger partial charge in [0.25, 0.3) is 5.56 Å². The molecule has 0 radical (unpaired) electrons. The monoisotopic (exact) mass is 355 g/mol. The molecular formula is C9H15FN5O5PS. The van der Waals surface area contributed by atoms with E-state index in [1.54, 1.807) is 0 Å². The van der Waals surface area contributed by atoms with Crippen LogP contribution in [0.5, 0.6) is 0 Å². The van der Waals surface area contributed by atoms with E-state index in [9.17, 15) is 9.18 Å². The minimum absolute atomic E-state index is 0.100. The highest BCUT2D eigenvalue weighted by atomic mass is 32.5. The molecule has 0 amide bonds.